The Kier molecular flexibility index (Phi) is 33.5. The number of anilines is 16. The van der Waals surface area contributed by atoms with Gasteiger partial charge in [-0.2, -0.15) is 121 Å². The van der Waals surface area contributed by atoms with Gasteiger partial charge in [-0.05, 0) is 164 Å². The van der Waals surface area contributed by atoms with E-state index < -0.39 is 0 Å². The summed E-state index contributed by atoms with van der Waals surface area (Å²) in [5, 5.41) is 0. The molecule has 16 nitrogen and oxygen atoms in total. The van der Waals surface area contributed by atoms with Crippen LogP contribution in [0.4, 0.5) is 92.0 Å². The first kappa shape index (κ1) is 102. The fourth-order valence-corrected chi connectivity index (χ4v) is 20.2. The number of hydrogen-bond donors (Lipinski definition) is 0. The number of fused-ring (bicyclic) bond motifs is 4. The Hall–Kier alpha value is -9.70. The minimum atomic E-state index is -0.115. The Balaban J connectivity index is 0.000000150. The molecule has 3 saturated carbocycles. The van der Waals surface area contributed by atoms with Gasteiger partial charge < -0.3 is 39.2 Å². The second-order valence-electron chi connectivity index (χ2n) is 39.4. The van der Waals surface area contributed by atoms with Gasteiger partial charge in [-0.25, -0.2) is 39.9 Å². The Morgan fingerprint density at radius 3 is 0.784 bits per heavy atom. The first-order chi connectivity index (χ1) is 62.9. The predicted octanol–water partition coefficient (Wildman–Crippen LogP) is 28.8. The molecule has 0 N–H and O–H groups in total. The molecule has 0 unspecified atom stereocenters. The van der Waals surface area contributed by atoms with E-state index in [9.17, 15) is 0 Å². The zero-order valence-corrected chi connectivity index (χ0v) is 89.5. The molecule has 4 aromatic heterocycles. The number of hydrogen-bond acceptors (Lipinski definition) is 16. The fraction of sp³-hybridized carbons (Fsp3) is 0.351. The summed E-state index contributed by atoms with van der Waals surface area (Å²) in [6.45, 7) is 41.3. The normalized spacial score (nSPS) is 15.8. The predicted molar refractivity (Wildman–Crippen MR) is 533 cm³/mol. The molecule has 9 aromatic carbocycles. The molecule has 3 aliphatic carbocycles. The third kappa shape index (κ3) is 21.1. The number of para-hydroxylation sites is 8. The maximum atomic E-state index is 5.31. The van der Waals surface area contributed by atoms with Gasteiger partial charge in [0.15, 0.2) is 0 Å². The van der Waals surface area contributed by atoms with Crippen molar-refractivity contribution in [1.29, 1.82) is 0 Å². The van der Waals surface area contributed by atoms with Crippen LogP contribution in [0.3, 0.4) is 0 Å². The molecular weight excluding hydrogens is 2360 g/mol. The zero-order valence-electron chi connectivity index (χ0n) is 79.9. The van der Waals surface area contributed by atoms with Gasteiger partial charge in [-0.3, -0.25) is 0 Å². The van der Waals surface area contributed by atoms with Crippen LogP contribution in [-0.2, 0) is 110 Å². The van der Waals surface area contributed by atoms with Crippen molar-refractivity contribution >= 4 is 92.0 Å². The summed E-state index contributed by atoms with van der Waals surface area (Å²) in [7, 11) is 0. The summed E-state index contributed by atoms with van der Waals surface area (Å²) >= 11 is 0. The van der Waals surface area contributed by atoms with E-state index in [1.165, 1.54) is 113 Å². The molecule has 0 saturated heterocycles. The first-order valence-corrected chi connectivity index (χ1v) is 47.2. The third-order valence-corrected chi connectivity index (χ3v) is 30.6. The maximum absolute atomic E-state index is 5.31. The Morgan fingerprint density at radius 1 is 0.269 bits per heavy atom. The van der Waals surface area contributed by atoms with E-state index in [1.54, 1.807) is 0 Å². The molecule has 4 radical (unpaired) electrons. The van der Waals surface area contributed by atoms with Crippen molar-refractivity contribution in [3.63, 3.8) is 0 Å². The van der Waals surface area contributed by atoms with Gasteiger partial charge in [0.1, 0.15) is 46.5 Å². The Morgan fingerprint density at radius 2 is 0.515 bits per heavy atom. The molecule has 20 rings (SSSR count). The number of aromatic nitrogens is 8. The van der Waals surface area contributed by atoms with Crippen molar-refractivity contribution in [3.8, 4) is 0 Å². The number of benzene rings is 9. The molecule has 706 valence electrons. The van der Waals surface area contributed by atoms with Crippen LogP contribution >= 0.6 is 0 Å². The molecule has 3 fully saturated rings. The Bertz CT molecular complexity index is 5900. The van der Waals surface area contributed by atoms with E-state index in [-0.39, 0.29) is 113 Å². The van der Waals surface area contributed by atoms with Crippen molar-refractivity contribution in [2.24, 2.45) is 34.0 Å². The SMILES string of the molecule is CC(C)(c1cnc2c(n1)N(c1[c-]cccc1)[CH-]N2c1ccccc1)C(C)(C)C1CCCC1.CC(C)(c1cnc2c(n1)N(c1[c-]cccc1)[CH-]N2c1ccccc1)C(C)(C)C1CCCCC1.CC(C)(c1cnc2c(n1)N(c1[c-]cccc1)[CH-]N2c1ccccc1)C(C)(C)C1CCCCCC1.Cc1cccc(C)c1CCc1cnc2c(n1)N(c1[c-]cccc1)[CH-]N2c1ccccc1.[Ir].[Ir].[Ir].[Ir]. The first-order valence-electron chi connectivity index (χ1n) is 47.2. The number of aryl methyl sites for hydroxylation is 3. The number of nitrogens with zero attached hydrogens (tertiary/aromatic N) is 16. The van der Waals surface area contributed by atoms with Crippen molar-refractivity contribution in [2.75, 3.05) is 39.2 Å². The second-order valence-corrected chi connectivity index (χ2v) is 39.4. The monoisotopic (exact) mass is 2490 g/mol. The summed E-state index contributed by atoms with van der Waals surface area (Å²) in [6, 6.07) is 93.3. The van der Waals surface area contributed by atoms with Gasteiger partial charge in [0.05, 0.1) is 47.6 Å². The molecule has 4 aliphatic heterocycles. The largest absolute Gasteiger partial charge is 0.477 e. The van der Waals surface area contributed by atoms with Gasteiger partial charge in [-0.15, -0.1) is 49.4 Å². The summed E-state index contributed by atoms with van der Waals surface area (Å²) in [5.74, 6) is 8.97. The van der Waals surface area contributed by atoms with E-state index in [1.807, 2.05) is 147 Å². The quantitative estimate of drug-likeness (QED) is 0.0530. The molecule has 0 amide bonds. The van der Waals surface area contributed by atoms with Crippen molar-refractivity contribution in [3.05, 3.63) is 352 Å². The van der Waals surface area contributed by atoms with Gasteiger partial charge in [0.25, 0.3) is 0 Å². The summed E-state index contributed by atoms with van der Waals surface area (Å²) in [4.78, 5) is 57.6. The average molecular weight is 2490 g/mol. The molecular formula is C114H126Ir4N16-8. The average Bonchev–Trinajstić information content (AvgIpc) is 1.56. The van der Waals surface area contributed by atoms with E-state index in [0.717, 1.165) is 134 Å². The van der Waals surface area contributed by atoms with Crippen LogP contribution in [0.5, 0.6) is 0 Å². The van der Waals surface area contributed by atoms with Crippen LogP contribution in [0.15, 0.2) is 261 Å². The van der Waals surface area contributed by atoms with E-state index in [2.05, 4.69) is 302 Å². The standard InChI is InChI=1S/C30H36N4.C29H34N4.C28H32N4.C27H24N4.4Ir/c1-29(2,23-15-9-5-6-10-16-23)30(3,4)26-21-31-27-28(32-26)34(25-19-13-8-14-20-25)22-33(27)24-17-11-7-12-18-24;1-28(2,22-14-8-5-9-15-22)29(3,4)25-20-30-26-27(31-25)33(24-18-12-7-13-19-24)21-32(26)23-16-10-6-11-17-23;1-27(2,21-13-11-12-14-21)28(3,4)24-19-29-25-26(30-24)32(23-17-9-6-10-18-23)20-31(25)22-15-7-5-8-16-22;1-20-10-9-11-21(2)25(20)17-16-22-18-28-26-27(29-22)31(24-14-7-4-8-15-24)19-30(26)23-12-5-3-6-13-23;;;;/h7-8,11-14,17-19,21-23H,5-6,9-10,15-16H2,1-4H3;6-7,10-13,16-18,20-22H,5,8-9,14-15H2,1-4H3;5-10,15-17,19-21H,11-14H2,1-4H3;3-14,18-19H,16-17H2,1-2H3;;;;/q4*-2;;;;. The third-order valence-electron chi connectivity index (χ3n) is 30.6. The second kappa shape index (κ2) is 44.2. The summed E-state index contributed by atoms with van der Waals surface area (Å²) < 4.78 is 0. The molecule has 0 spiro atoms. The zero-order chi connectivity index (χ0) is 90.4. The summed E-state index contributed by atoms with van der Waals surface area (Å²) in [6.07, 6.45) is 29.8. The molecule has 0 bridgehead atoms. The van der Waals surface area contributed by atoms with E-state index >= 15 is 0 Å². The summed E-state index contributed by atoms with van der Waals surface area (Å²) in [5.41, 5.74) is 16.4. The molecule has 8 heterocycles. The van der Waals surface area contributed by atoms with Crippen LogP contribution in [-0.4, -0.2) is 39.9 Å². The van der Waals surface area contributed by atoms with Gasteiger partial charge in [-0.1, -0.05) is 232 Å². The smallest absolute Gasteiger partial charge is 0.145 e. The molecule has 20 heteroatoms. The van der Waals surface area contributed by atoms with Crippen LogP contribution in [0, 0.1) is 98.8 Å². The fourth-order valence-electron chi connectivity index (χ4n) is 20.2. The van der Waals surface area contributed by atoms with Crippen molar-refractivity contribution in [2.45, 2.75) is 222 Å². The molecule has 7 aliphatic rings. The molecule has 134 heavy (non-hydrogen) atoms. The number of rotatable bonds is 20. The van der Waals surface area contributed by atoms with Crippen LogP contribution in [0.1, 0.15) is 219 Å². The van der Waals surface area contributed by atoms with Crippen LogP contribution < -0.4 is 39.2 Å². The van der Waals surface area contributed by atoms with Crippen LogP contribution in [0.2, 0.25) is 0 Å². The molecule has 13 aromatic rings. The van der Waals surface area contributed by atoms with Crippen molar-refractivity contribution in [1.82, 2.24) is 39.9 Å². The van der Waals surface area contributed by atoms with Gasteiger partial charge >= 0.3 is 0 Å². The van der Waals surface area contributed by atoms with Crippen molar-refractivity contribution < 1.29 is 80.4 Å². The molecule has 0 atom stereocenters. The minimum absolute atomic E-state index is 0. The van der Waals surface area contributed by atoms with Gasteiger partial charge in [0.2, 0.25) is 0 Å². The van der Waals surface area contributed by atoms with Crippen LogP contribution in [0.25, 0.3) is 0 Å². The topological polar surface area (TPSA) is 129 Å². The van der Waals surface area contributed by atoms with E-state index in [4.69, 9.17) is 39.9 Å². The van der Waals surface area contributed by atoms with E-state index in [0.29, 0.717) is 11.8 Å². The maximum Gasteiger partial charge on any atom is 0.145 e. The Labute approximate surface area is 852 Å². The minimum Gasteiger partial charge on any atom is -0.477 e. The van der Waals surface area contributed by atoms with Gasteiger partial charge in [0, 0.05) is 119 Å².